The fourth-order valence-electron chi connectivity index (χ4n) is 2.27. The molecule has 0 amide bonds. The monoisotopic (exact) mass is 310 g/mol. The van der Waals surface area contributed by atoms with Crippen molar-refractivity contribution in [3.63, 3.8) is 0 Å². The first-order valence-corrected chi connectivity index (χ1v) is 7.68. The van der Waals surface area contributed by atoms with Crippen molar-refractivity contribution in [1.82, 2.24) is 4.90 Å². The molecule has 0 atom stereocenters. The molecule has 1 fully saturated rings. The van der Waals surface area contributed by atoms with Gasteiger partial charge in [-0.15, -0.1) is 0 Å². The van der Waals surface area contributed by atoms with E-state index in [2.05, 4.69) is 58.2 Å². The Morgan fingerprint density at radius 3 is 2.67 bits per heavy atom. The van der Waals surface area contributed by atoms with Crippen LogP contribution in [0.5, 0.6) is 0 Å². The first-order chi connectivity index (χ1) is 8.66. The average Bonchev–Trinajstić information content (AvgIpc) is 3.14. The van der Waals surface area contributed by atoms with Crippen LogP contribution < -0.4 is 5.32 Å². The van der Waals surface area contributed by atoms with Gasteiger partial charge >= 0.3 is 0 Å². The molecular weight excluding hydrogens is 288 g/mol. The molecule has 0 unspecified atom stereocenters. The van der Waals surface area contributed by atoms with Crippen LogP contribution >= 0.6 is 15.9 Å². The Hall–Kier alpha value is -0.540. The Labute approximate surface area is 119 Å². The van der Waals surface area contributed by atoms with Crippen molar-refractivity contribution >= 4 is 21.6 Å². The van der Waals surface area contributed by atoms with Gasteiger partial charge < -0.3 is 5.32 Å². The lowest BCUT2D eigenvalue weighted by Crippen LogP contribution is -2.34. The van der Waals surface area contributed by atoms with Crippen LogP contribution in [0.2, 0.25) is 0 Å². The first-order valence-electron chi connectivity index (χ1n) is 6.89. The summed E-state index contributed by atoms with van der Waals surface area (Å²) in [4.78, 5) is 2.63. The van der Waals surface area contributed by atoms with E-state index in [1.807, 2.05) is 6.07 Å². The summed E-state index contributed by atoms with van der Waals surface area (Å²) >= 11 is 3.57. The SMILES string of the molecule is CC(C)CN(CCNc1ccccc1Br)C1CC1. The van der Waals surface area contributed by atoms with E-state index in [0.29, 0.717) is 0 Å². The van der Waals surface area contributed by atoms with E-state index < -0.39 is 0 Å². The van der Waals surface area contributed by atoms with Crippen LogP contribution in [0.4, 0.5) is 5.69 Å². The third-order valence-electron chi connectivity index (χ3n) is 3.25. The number of halogens is 1. The van der Waals surface area contributed by atoms with E-state index in [-0.39, 0.29) is 0 Å². The maximum absolute atomic E-state index is 3.57. The Morgan fingerprint density at radius 2 is 2.06 bits per heavy atom. The lowest BCUT2D eigenvalue weighted by atomic mass is 10.2. The van der Waals surface area contributed by atoms with E-state index >= 15 is 0 Å². The number of rotatable bonds is 7. The van der Waals surface area contributed by atoms with Gasteiger partial charge in [0, 0.05) is 35.8 Å². The molecule has 18 heavy (non-hydrogen) atoms. The molecule has 2 rings (SSSR count). The van der Waals surface area contributed by atoms with Crippen molar-refractivity contribution in [2.24, 2.45) is 5.92 Å². The highest BCUT2D eigenvalue weighted by Gasteiger charge is 2.28. The fraction of sp³-hybridized carbons (Fsp3) is 0.600. The summed E-state index contributed by atoms with van der Waals surface area (Å²) in [6.07, 6.45) is 2.78. The molecule has 0 spiro atoms. The fourth-order valence-corrected chi connectivity index (χ4v) is 2.70. The second-order valence-corrected chi connectivity index (χ2v) is 6.38. The van der Waals surface area contributed by atoms with Crippen LogP contribution in [-0.2, 0) is 0 Å². The summed E-state index contributed by atoms with van der Waals surface area (Å²) in [6.45, 7) is 7.99. The van der Waals surface area contributed by atoms with Crippen molar-refractivity contribution in [2.75, 3.05) is 25.0 Å². The summed E-state index contributed by atoms with van der Waals surface area (Å²) in [5.74, 6) is 0.758. The molecule has 0 aliphatic heterocycles. The summed E-state index contributed by atoms with van der Waals surface area (Å²) in [6, 6.07) is 9.17. The van der Waals surface area contributed by atoms with Gasteiger partial charge in [0.15, 0.2) is 0 Å². The minimum absolute atomic E-state index is 0.758. The van der Waals surface area contributed by atoms with Crippen LogP contribution in [0.1, 0.15) is 26.7 Å². The molecule has 1 aromatic rings. The van der Waals surface area contributed by atoms with E-state index in [1.165, 1.54) is 25.1 Å². The van der Waals surface area contributed by atoms with Crippen molar-refractivity contribution in [3.05, 3.63) is 28.7 Å². The molecular formula is C15H23BrN2. The maximum Gasteiger partial charge on any atom is 0.0485 e. The third-order valence-corrected chi connectivity index (χ3v) is 3.94. The normalized spacial score (nSPS) is 15.4. The summed E-state index contributed by atoms with van der Waals surface area (Å²) in [5, 5.41) is 3.51. The van der Waals surface area contributed by atoms with Crippen LogP contribution in [-0.4, -0.2) is 30.6 Å². The van der Waals surface area contributed by atoms with E-state index in [9.17, 15) is 0 Å². The van der Waals surface area contributed by atoms with Crippen LogP contribution in [0, 0.1) is 5.92 Å². The number of nitrogens with one attached hydrogen (secondary N) is 1. The van der Waals surface area contributed by atoms with Gasteiger partial charge in [0.25, 0.3) is 0 Å². The highest BCUT2D eigenvalue weighted by molar-refractivity contribution is 9.10. The number of nitrogens with zero attached hydrogens (tertiary/aromatic N) is 1. The molecule has 2 nitrogen and oxygen atoms in total. The molecule has 0 heterocycles. The summed E-state index contributed by atoms with van der Waals surface area (Å²) < 4.78 is 1.15. The van der Waals surface area contributed by atoms with Crippen LogP contribution in [0.25, 0.3) is 0 Å². The zero-order valence-corrected chi connectivity index (χ0v) is 12.9. The van der Waals surface area contributed by atoms with Crippen LogP contribution in [0.15, 0.2) is 28.7 Å². The third kappa shape index (κ3) is 4.29. The number of hydrogen-bond acceptors (Lipinski definition) is 2. The van der Waals surface area contributed by atoms with Gasteiger partial charge in [-0.2, -0.15) is 0 Å². The minimum Gasteiger partial charge on any atom is -0.383 e. The zero-order valence-electron chi connectivity index (χ0n) is 11.3. The second-order valence-electron chi connectivity index (χ2n) is 5.53. The largest absolute Gasteiger partial charge is 0.383 e. The smallest absolute Gasteiger partial charge is 0.0485 e. The first kappa shape index (κ1) is 13.9. The van der Waals surface area contributed by atoms with Gasteiger partial charge in [-0.05, 0) is 46.8 Å². The zero-order chi connectivity index (χ0) is 13.0. The Bertz CT molecular complexity index is 375. The molecule has 0 radical (unpaired) electrons. The second kappa shape index (κ2) is 6.58. The van der Waals surface area contributed by atoms with E-state index in [1.54, 1.807) is 0 Å². The lowest BCUT2D eigenvalue weighted by Gasteiger charge is -2.24. The van der Waals surface area contributed by atoms with Gasteiger partial charge in [-0.1, -0.05) is 26.0 Å². The Morgan fingerprint density at radius 1 is 1.33 bits per heavy atom. The highest BCUT2D eigenvalue weighted by Crippen LogP contribution is 2.27. The molecule has 0 saturated heterocycles. The van der Waals surface area contributed by atoms with Gasteiger partial charge in [0.05, 0.1) is 0 Å². The molecule has 0 bridgehead atoms. The molecule has 0 aromatic heterocycles. The van der Waals surface area contributed by atoms with Crippen molar-refractivity contribution < 1.29 is 0 Å². The van der Waals surface area contributed by atoms with E-state index in [0.717, 1.165) is 29.5 Å². The summed E-state index contributed by atoms with van der Waals surface area (Å²) in [7, 11) is 0. The van der Waals surface area contributed by atoms with Crippen molar-refractivity contribution in [1.29, 1.82) is 0 Å². The molecule has 1 aromatic carbocycles. The molecule has 100 valence electrons. The Kier molecular flexibility index (Phi) is 5.07. The van der Waals surface area contributed by atoms with Gasteiger partial charge in [-0.3, -0.25) is 4.90 Å². The topological polar surface area (TPSA) is 15.3 Å². The molecule has 1 N–H and O–H groups in total. The standard InChI is InChI=1S/C15H23BrN2/c1-12(2)11-18(13-7-8-13)10-9-17-15-6-4-3-5-14(15)16/h3-6,12-13,17H,7-11H2,1-2H3. The lowest BCUT2D eigenvalue weighted by molar-refractivity contribution is 0.243. The predicted octanol–water partition coefficient (Wildman–Crippen LogP) is 3.98. The number of para-hydroxylation sites is 1. The number of hydrogen-bond donors (Lipinski definition) is 1. The maximum atomic E-state index is 3.57. The predicted molar refractivity (Wildman–Crippen MR) is 82.1 cm³/mol. The highest BCUT2D eigenvalue weighted by atomic mass is 79.9. The van der Waals surface area contributed by atoms with Gasteiger partial charge in [0.1, 0.15) is 0 Å². The summed E-state index contributed by atoms with van der Waals surface area (Å²) in [5.41, 5.74) is 1.19. The van der Waals surface area contributed by atoms with E-state index in [4.69, 9.17) is 0 Å². The van der Waals surface area contributed by atoms with Gasteiger partial charge in [-0.25, -0.2) is 0 Å². The average molecular weight is 311 g/mol. The van der Waals surface area contributed by atoms with Crippen LogP contribution in [0.3, 0.4) is 0 Å². The molecule has 1 aliphatic rings. The number of benzene rings is 1. The molecule has 1 aliphatic carbocycles. The minimum atomic E-state index is 0.758. The van der Waals surface area contributed by atoms with Crippen molar-refractivity contribution in [2.45, 2.75) is 32.7 Å². The Balaban J connectivity index is 1.78. The molecule has 1 saturated carbocycles. The quantitative estimate of drug-likeness (QED) is 0.819. The van der Waals surface area contributed by atoms with Gasteiger partial charge in [0.2, 0.25) is 0 Å². The van der Waals surface area contributed by atoms with Crippen molar-refractivity contribution in [3.8, 4) is 0 Å². The number of anilines is 1. The molecule has 3 heteroatoms.